The van der Waals surface area contributed by atoms with Crippen LogP contribution < -0.4 is 4.57 Å². The summed E-state index contributed by atoms with van der Waals surface area (Å²) in [5, 5.41) is 2.63. The first kappa shape index (κ1) is 23.0. The van der Waals surface area contributed by atoms with Crippen LogP contribution in [0.25, 0.3) is 32.9 Å². The average Bonchev–Trinajstić information content (AvgIpc) is 2.61. The van der Waals surface area contributed by atoms with Crippen LogP contribution in [0.5, 0.6) is 0 Å². The molecule has 0 atom stereocenters. The van der Waals surface area contributed by atoms with Gasteiger partial charge in [0.1, 0.15) is 7.05 Å². The third kappa shape index (κ3) is 5.73. The predicted molar refractivity (Wildman–Crippen MR) is 116 cm³/mol. The average molecular weight is 457 g/mol. The van der Waals surface area contributed by atoms with Crippen molar-refractivity contribution in [2.24, 2.45) is 7.05 Å². The number of benzene rings is 3. The molecule has 166 valence electrons. The molecule has 0 aliphatic heterocycles. The van der Waals surface area contributed by atoms with Crippen molar-refractivity contribution in [2.45, 2.75) is 20.8 Å². The van der Waals surface area contributed by atoms with E-state index in [4.69, 9.17) is 0 Å². The second-order valence-corrected chi connectivity index (χ2v) is 9.62. The summed E-state index contributed by atoms with van der Waals surface area (Å²) in [6.07, 6.45) is 0. The van der Waals surface area contributed by atoms with E-state index in [-0.39, 0.29) is 0 Å². The molecule has 31 heavy (non-hydrogen) atoms. The molecular weight excluding hydrogens is 435 g/mol. The Kier molecular flexibility index (Phi) is 5.14. The number of hydrogen-bond acceptors (Lipinski definition) is 0. The number of aromatic nitrogens is 1. The van der Waals surface area contributed by atoms with Crippen molar-refractivity contribution in [1.29, 1.82) is 0 Å². The van der Waals surface area contributed by atoms with Crippen LogP contribution in [-0.4, -0.2) is 0 Å². The number of fused-ring (bicyclic) bond motifs is 2. The zero-order valence-corrected chi connectivity index (χ0v) is 18.3. The van der Waals surface area contributed by atoms with Gasteiger partial charge in [-0.1, -0.05) is 42.0 Å². The molecule has 3 aromatic carbocycles. The molecule has 0 saturated carbocycles. The maximum atomic E-state index is 9.87. The fourth-order valence-corrected chi connectivity index (χ4v) is 4.07. The molecule has 0 bridgehead atoms. The summed E-state index contributed by atoms with van der Waals surface area (Å²) in [6.45, 7) is 6.63. The van der Waals surface area contributed by atoms with Crippen LogP contribution in [0.4, 0.5) is 25.2 Å². The molecule has 0 unspecified atom stereocenters. The van der Waals surface area contributed by atoms with Crippen molar-refractivity contribution < 1.29 is 29.7 Å². The summed E-state index contributed by atoms with van der Waals surface area (Å²) in [5.41, 5.74) is 9.27. The Morgan fingerprint density at radius 1 is 0.613 bits per heavy atom. The quantitative estimate of drug-likeness (QED) is 0.116. The van der Waals surface area contributed by atoms with E-state index in [1.807, 2.05) is 0 Å². The molecule has 0 spiro atoms. The number of nitrogens with zero attached hydrogens (tertiary/aromatic N) is 1. The zero-order chi connectivity index (χ0) is 23.3. The number of para-hydroxylation sites is 2. The van der Waals surface area contributed by atoms with Gasteiger partial charge in [0.25, 0.3) is 0 Å². The first-order chi connectivity index (χ1) is 14.0. The molecule has 0 amide bonds. The van der Waals surface area contributed by atoms with Crippen LogP contribution >= 0.6 is 7.81 Å². The second-order valence-electron chi connectivity index (χ2n) is 7.70. The summed E-state index contributed by atoms with van der Waals surface area (Å²) in [4.78, 5) is 0. The van der Waals surface area contributed by atoms with Crippen LogP contribution in [0.1, 0.15) is 16.7 Å². The Balaban J connectivity index is 0.000000339. The van der Waals surface area contributed by atoms with E-state index in [1.165, 1.54) is 49.6 Å². The van der Waals surface area contributed by atoms with E-state index < -0.39 is 7.81 Å². The number of halogens is 6. The van der Waals surface area contributed by atoms with Gasteiger partial charge in [-0.3, -0.25) is 0 Å². The van der Waals surface area contributed by atoms with Crippen LogP contribution in [0, 0.1) is 20.8 Å². The second kappa shape index (κ2) is 6.92. The fraction of sp³-hybridized carbons (Fsp3) is 0.174. The standard InChI is InChI=1S/C23H22N.F6P/c1-15-13-16(2)22(17(3)14-15)23-18-9-5-7-11-20(18)24(4)21-12-8-6-10-19(21)23;1-7(2,3,4,5)6/h5-14H,1-4H3;/q+1;-1. The van der Waals surface area contributed by atoms with Crippen molar-refractivity contribution in [3.63, 3.8) is 0 Å². The molecular formula is C23H22F6NP. The number of hydrogen-bond donors (Lipinski definition) is 0. The maximum absolute atomic E-state index is 10.7. The fourth-order valence-electron chi connectivity index (χ4n) is 4.07. The summed E-state index contributed by atoms with van der Waals surface area (Å²) in [5.74, 6) is 0. The summed E-state index contributed by atoms with van der Waals surface area (Å²) in [6, 6.07) is 22.0. The van der Waals surface area contributed by atoms with Gasteiger partial charge in [0.05, 0.1) is 10.8 Å². The molecule has 0 aliphatic rings. The summed E-state index contributed by atoms with van der Waals surface area (Å²) < 4.78 is 61.5. The normalized spacial score (nSPS) is 14.0. The Labute approximate surface area is 176 Å². The van der Waals surface area contributed by atoms with Gasteiger partial charge in [0, 0.05) is 17.7 Å². The van der Waals surface area contributed by atoms with Gasteiger partial charge >= 0.3 is 33.0 Å². The summed E-state index contributed by atoms with van der Waals surface area (Å²) >= 11 is 0. The minimum atomic E-state index is -10.7. The van der Waals surface area contributed by atoms with Crippen molar-refractivity contribution in [3.8, 4) is 11.1 Å². The molecule has 0 fully saturated rings. The van der Waals surface area contributed by atoms with Crippen molar-refractivity contribution in [2.75, 3.05) is 0 Å². The first-order valence-corrected chi connectivity index (χ1v) is 11.5. The topological polar surface area (TPSA) is 3.88 Å². The Hall–Kier alpha value is -2.66. The molecule has 4 rings (SSSR count). The van der Waals surface area contributed by atoms with Crippen LogP contribution in [0.2, 0.25) is 0 Å². The van der Waals surface area contributed by atoms with Crippen LogP contribution in [0.15, 0.2) is 60.7 Å². The van der Waals surface area contributed by atoms with Crippen molar-refractivity contribution in [1.82, 2.24) is 0 Å². The predicted octanol–water partition coefficient (Wildman–Crippen LogP) is 8.79. The Bertz CT molecular complexity index is 1220. The van der Waals surface area contributed by atoms with E-state index in [1.54, 1.807) is 0 Å². The van der Waals surface area contributed by atoms with Gasteiger partial charge < -0.3 is 0 Å². The molecule has 1 aromatic heterocycles. The molecule has 4 aromatic rings. The van der Waals surface area contributed by atoms with E-state index in [0.29, 0.717) is 0 Å². The van der Waals surface area contributed by atoms with Crippen molar-refractivity contribution >= 4 is 29.6 Å². The van der Waals surface area contributed by atoms with E-state index >= 15 is 0 Å². The molecule has 0 N–H and O–H groups in total. The van der Waals surface area contributed by atoms with Crippen LogP contribution in [-0.2, 0) is 7.05 Å². The van der Waals surface area contributed by atoms with E-state index in [9.17, 15) is 25.2 Å². The Morgan fingerprint density at radius 2 is 0.968 bits per heavy atom. The minimum absolute atomic E-state index is 1.27. The SMILES string of the molecule is Cc1cc(C)c(-c2c3ccccc3[n+](C)c3ccccc23)c(C)c1.F[P-](F)(F)(F)(F)F. The van der Waals surface area contributed by atoms with Gasteiger partial charge in [-0.2, -0.15) is 4.57 Å². The van der Waals surface area contributed by atoms with E-state index in [2.05, 4.69) is 93.0 Å². The van der Waals surface area contributed by atoms with Crippen molar-refractivity contribution in [3.05, 3.63) is 77.4 Å². The molecule has 0 aliphatic carbocycles. The van der Waals surface area contributed by atoms with Gasteiger partial charge in [0.15, 0.2) is 0 Å². The van der Waals surface area contributed by atoms with Gasteiger partial charge in [-0.15, -0.1) is 0 Å². The number of rotatable bonds is 1. The third-order valence-electron chi connectivity index (χ3n) is 5.00. The van der Waals surface area contributed by atoms with Gasteiger partial charge in [-0.05, 0) is 49.6 Å². The molecule has 8 heteroatoms. The number of aryl methyl sites for hydroxylation is 4. The van der Waals surface area contributed by atoms with Gasteiger partial charge in [0.2, 0.25) is 11.0 Å². The summed E-state index contributed by atoms with van der Waals surface area (Å²) in [7, 11) is -8.50. The molecule has 0 radical (unpaired) electrons. The van der Waals surface area contributed by atoms with Crippen LogP contribution in [0.3, 0.4) is 0 Å². The molecule has 1 heterocycles. The van der Waals surface area contributed by atoms with Gasteiger partial charge in [-0.25, -0.2) is 0 Å². The zero-order valence-electron chi connectivity index (χ0n) is 17.4. The Morgan fingerprint density at radius 3 is 1.35 bits per heavy atom. The third-order valence-corrected chi connectivity index (χ3v) is 5.00. The molecule has 0 saturated heterocycles. The monoisotopic (exact) mass is 457 g/mol. The number of pyridine rings is 1. The van der Waals surface area contributed by atoms with E-state index in [0.717, 1.165) is 0 Å². The first-order valence-electron chi connectivity index (χ1n) is 9.47. The molecule has 1 nitrogen and oxygen atoms in total.